The summed E-state index contributed by atoms with van der Waals surface area (Å²) in [5.74, 6) is -1.86. The Kier molecular flexibility index (Phi) is 4.99. The molecule has 0 bridgehead atoms. The summed E-state index contributed by atoms with van der Waals surface area (Å²) >= 11 is 0. The summed E-state index contributed by atoms with van der Waals surface area (Å²) in [4.78, 5) is 36.9. The number of hydrogen-bond donors (Lipinski definition) is 2. The molecule has 1 aliphatic rings. The molecule has 0 atom stereocenters. The first-order chi connectivity index (χ1) is 16.0. The zero-order valence-electron chi connectivity index (χ0n) is 17.4. The maximum atomic E-state index is 13.0. The van der Waals surface area contributed by atoms with Crippen LogP contribution in [0.5, 0.6) is 0 Å². The number of fused-ring (bicyclic) bond motifs is 1. The minimum absolute atomic E-state index is 0.0506. The summed E-state index contributed by atoms with van der Waals surface area (Å²) < 4.78 is 1.98. The molecule has 2 heterocycles. The van der Waals surface area contributed by atoms with E-state index >= 15 is 0 Å². The van der Waals surface area contributed by atoms with Gasteiger partial charge in [0, 0.05) is 29.2 Å². The Bertz CT molecular complexity index is 1440. The standard InChI is InChI=1S/C26H19N3O4/c30-24-22(25(31)29(27-24)20-9-2-1-3-10-20)14-19-16-28(23-12-5-4-11-21(19)23)15-17-7-6-8-18(13-17)26(32)33/h1-14,16H,15H2,(H,27,30)(H,32,33)/b22-14-. The molecule has 2 amide bonds. The van der Waals surface area contributed by atoms with Gasteiger partial charge >= 0.3 is 5.97 Å². The number of carboxylic acids is 1. The highest BCUT2D eigenvalue weighted by Gasteiger charge is 2.34. The molecule has 33 heavy (non-hydrogen) atoms. The van der Waals surface area contributed by atoms with Crippen molar-refractivity contribution in [3.05, 3.63) is 107 Å². The molecule has 7 heteroatoms. The summed E-state index contributed by atoms with van der Waals surface area (Å²) in [5.41, 5.74) is 5.95. The number of carbonyl (C=O) groups excluding carboxylic acids is 2. The third kappa shape index (κ3) is 3.76. The van der Waals surface area contributed by atoms with Crippen LogP contribution in [0.1, 0.15) is 21.5 Å². The molecule has 5 rings (SSSR count). The number of carbonyl (C=O) groups is 3. The van der Waals surface area contributed by atoms with E-state index in [0.717, 1.165) is 22.0 Å². The number of para-hydroxylation sites is 2. The van der Waals surface area contributed by atoms with E-state index in [1.807, 2.05) is 47.2 Å². The highest BCUT2D eigenvalue weighted by molar-refractivity contribution is 6.32. The van der Waals surface area contributed by atoms with Gasteiger partial charge in [-0.05, 0) is 42.0 Å². The molecule has 0 aliphatic carbocycles. The first-order valence-corrected chi connectivity index (χ1v) is 10.3. The molecule has 1 fully saturated rings. The number of amides is 2. The van der Waals surface area contributed by atoms with Crippen LogP contribution in [0.15, 0.2) is 90.6 Å². The number of nitrogens with zero attached hydrogens (tertiary/aromatic N) is 2. The Labute approximate surface area is 189 Å². The number of benzene rings is 3. The van der Waals surface area contributed by atoms with Crippen LogP contribution in [0.25, 0.3) is 17.0 Å². The van der Waals surface area contributed by atoms with Gasteiger partial charge in [-0.3, -0.25) is 15.0 Å². The van der Waals surface area contributed by atoms with E-state index in [4.69, 9.17) is 0 Å². The molecule has 0 spiro atoms. The predicted molar refractivity (Wildman–Crippen MR) is 124 cm³/mol. The SMILES string of the molecule is O=C1NN(c2ccccc2)C(=O)/C1=C\c1cn(Cc2cccc(C(=O)O)c2)c2ccccc12. The number of carboxylic acid groups (broad SMARTS) is 1. The van der Waals surface area contributed by atoms with Gasteiger partial charge in [0.25, 0.3) is 11.8 Å². The molecule has 2 N–H and O–H groups in total. The molecule has 7 nitrogen and oxygen atoms in total. The summed E-state index contributed by atoms with van der Waals surface area (Å²) in [7, 11) is 0. The van der Waals surface area contributed by atoms with Crippen molar-refractivity contribution in [1.82, 2.24) is 9.99 Å². The lowest BCUT2D eigenvalue weighted by Gasteiger charge is -2.13. The molecule has 4 aromatic rings. The molecular weight excluding hydrogens is 418 g/mol. The molecule has 162 valence electrons. The lowest BCUT2D eigenvalue weighted by atomic mass is 10.1. The van der Waals surface area contributed by atoms with Crippen LogP contribution in [0.3, 0.4) is 0 Å². The average Bonchev–Trinajstić information content (AvgIpc) is 3.32. The van der Waals surface area contributed by atoms with Gasteiger partial charge in [-0.25, -0.2) is 9.80 Å². The zero-order chi connectivity index (χ0) is 22.9. The van der Waals surface area contributed by atoms with E-state index in [9.17, 15) is 19.5 Å². The third-order valence-corrected chi connectivity index (χ3v) is 5.55. The topological polar surface area (TPSA) is 91.6 Å². The summed E-state index contributed by atoms with van der Waals surface area (Å²) in [6, 6.07) is 23.4. The minimum Gasteiger partial charge on any atom is -0.478 e. The van der Waals surface area contributed by atoms with Crippen molar-refractivity contribution in [3.8, 4) is 0 Å². The van der Waals surface area contributed by atoms with Crippen LogP contribution in [-0.2, 0) is 16.1 Å². The summed E-state index contributed by atoms with van der Waals surface area (Å²) in [6.07, 6.45) is 3.48. The number of hydrazine groups is 1. The first kappa shape index (κ1) is 20.3. The van der Waals surface area contributed by atoms with Gasteiger partial charge < -0.3 is 9.67 Å². The van der Waals surface area contributed by atoms with Crippen LogP contribution in [0.2, 0.25) is 0 Å². The van der Waals surface area contributed by atoms with E-state index in [1.165, 1.54) is 5.01 Å². The Morgan fingerprint density at radius 3 is 2.48 bits per heavy atom. The number of aromatic nitrogens is 1. The van der Waals surface area contributed by atoms with Crippen molar-refractivity contribution >= 4 is 40.4 Å². The van der Waals surface area contributed by atoms with Crippen molar-refractivity contribution in [1.29, 1.82) is 0 Å². The van der Waals surface area contributed by atoms with Crippen molar-refractivity contribution in [3.63, 3.8) is 0 Å². The Morgan fingerprint density at radius 2 is 1.70 bits per heavy atom. The Balaban J connectivity index is 1.53. The van der Waals surface area contributed by atoms with Crippen molar-refractivity contribution < 1.29 is 19.5 Å². The quantitative estimate of drug-likeness (QED) is 0.367. The van der Waals surface area contributed by atoms with Crippen LogP contribution >= 0.6 is 0 Å². The van der Waals surface area contributed by atoms with Gasteiger partial charge in [0.2, 0.25) is 0 Å². The van der Waals surface area contributed by atoms with Gasteiger partial charge in [-0.1, -0.05) is 48.5 Å². The molecule has 1 saturated heterocycles. The number of rotatable bonds is 5. The number of nitrogens with one attached hydrogen (secondary N) is 1. The van der Waals surface area contributed by atoms with E-state index < -0.39 is 17.8 Å². The van der Waals surface area contributed by atoms with Gasteiger partial charge in [0.1, 0.15) is 5.57 Å². The highest BCUT2D eigenvalue weighted by atomic mass is 16.4. The smallest absolute Gasteiger partial charge is 0.335 e. The molecular formula is C26H19N3O4. The monoisotopic (exact) mass is 437 g/mol. The van der Waals surface area contributed by atoms with Crippen LogP contribution in [0, 0.1) is 0 Å². The number of anilines is 1. The Morgan fingerprint density at radius 1 is 0.939 bits per heavy atom. The number of hydrogen-bond acceptors (Lipinski definition) is 3. The van der Waals surface area contributed by atoms with E-state index in [0.29, 0.717) is 12.2 Å². The maximum absolute atomic E-state index is 13.0. The largest absolute Gasteiger partial charge is 0.478 e. The number of aromatic carboxylic acids is 1. The van der Waals surface area contributed by atoms with Crippen LogP contribution in [0.4, 0.5) is 5.69 Å². The molecule has 1 aromatic heterocycles. The second-order valence-corrected chi connectivity index (χ2v) is 7.71. The van der Waals surface area contributed by atoms with Crippen LogP contribution in [-0.4, -0.2) is 27.5 Å². The second-order valence-electron chi connectivity index (χ2n) is 7.71. The van der Waals surface area contributed by atoms with Gasteiger partial charge in [-0.15, -0.1) is 0 Å². The summed E-state index contributed by atoms with van der Waals surface area (Å²) in [6.45, 7) is 0.446. The molecule has 1 aliphatic heterocycles. The third-order valence-electron chi connectivity index (χ3n) is 5.55. The van der Waals surface area contributed by atoms with Crippen molar-refractivity contribution in [2.75, 3.05) is 5.01 Å². The zero-order valence-corrected chi connectivity index (χ0v) is 17.4. The van der Waals surface area contributed by atoms with Gasteiger partial charge in [-0.2, -0.15) is 0 Å². The first-order valence-electron chi connectivity index (χ1n) is 10.3. The van der Waals surface area contributed by atoms with Crippen molar-refractivity contribution in [2.24, 2.45) is 0 Å². The second kappa shape index (κ2) is 8.12. The van der Waals surface area contributed by atoms with E-state index in [-0.39, 0.29) is 11.1 Å². The average molecular weight is 437 g/mol. The molecule has 3 aromatic carbocycles. The normalized spacial score (nSPS) is 14.8. The van der Waals surface area contributed by atoms with Crippen LogP contribution < -0.4 is 10.4 Å². The van der Waals surface area contributed by atoms with Gasteiger partial charge in [0.15, 0.2) is 0 Å². The molecule has 0 unspecified atom stereocenters. The summed E-state index contributed by atoms with van der Waals surface area (Å²) in [5, 5.41) is 11.4. The minimum atomic E-state index is -0.978. The Hall–Kier alpha value is -4.65. The van der Waals surface area contributed by atoms with Crippen molar-refractivity contribution in [2.45, 2.75) is 6.54 Å². The van der Waals surface area contributed by atoms with E-state index in [2.05, 4.69) is 5.43 Å². The molecule has 0 radical (unpaired) electrons. The lowest BCUT2D eigenvalue weighted by molar-refractivity contribution is -0.117. The van der Waals surface area contributed by atoms with E-state index in [1.54, 1.807) is 48.5 Å². The fraction of sp³-hybridized carbons (Fsp3) is 0.0385. The van der Waals surface area contributed by atoms with Gasteiger partial charge in [0.05, 0.1) is 11.3 Å². The fourth-order valence-electron chi connectivity index (χ4n) is 3.99. The highest BCUT2D eigenvalue weighted by Crippen LogP contribution is 2.27. The fourth-order valence-corrected chi connectivity index (χ4v) is 3.99. The molecule has 0 saturated carbocycles. The predicted octanol–water partition coefficient (Wildman–Crippen LogP) is 3.85. The lowest BCUT2D eigenvalue weighted by Crippen LogP contribution is -2.35. The maximum Gasteiger partial charge on any atom is 0.335 e.